The Morgan fingerprint density at radius 2 is 1.75 bits per heavy atom. The zero-order chi connectivity index (χ0) is 20.0. The monoisotopic (exact) mass is 405 g/mol. The minimum Gasteiger partial charge on any atom is -0.447 e. The molecule has 2 saturated heterocycles. The van der Waals surface area contributed by atoms with Crippen LogP contribution in [0.3, 0.4) is 0 Å². The number of piperazine rings is 1. The van der Waals surface area contributed by atoms with E-state index in [0.717, 1.165) is 26.2 Å². The molecule has 2 aliphatic heterocycles. The van der Waals surface area contributed by atoms with Gasteiger partial charge in [-0.3, -0.25) is 4.90 Å². The molecule has 0 aliphatic carbocycles. The summed E-state index contributed by atoms with van der Waals surface area (Å²) in [5.74, 6) is 0. The van der Waals surface area contributed by atoms with E-state index in [0.29, 0.717) is 52.9 Å². The third kappa shape index (κ3) is 9.46. The highest BCUT2D eigenvalue weighted by Gasteiger charge is 2.23. The van der Waals surface area contributed by atoms with Gasteiger partial charge in [0.05, 0.1) is 58.6 Å². The highest BCUT2D eigenvalue weighted by atomic mass is 16.6. The van der Waals surface area contributed by atoms with Crippen molar-refractivity contribution < 1.29 is 33.6 Å². The fraction of sp³-hybridized carbons (Fsp3) is 0.944. The molecule has 1 amide bonds. The van der Waals surface area contributed by atoms with Gasteiger partial charge >= 0.3 is 6.09 Å². The average Bonchev–Trinajstić information content (AvgIpc) is 2.70. The van der Waals surface area contributed by atoms with Gasteiger partial charge in [0.15, 0.2) is 0 Å². The molecule has 2 aliphatic rings. The van der Waals surface area contributed by atoms with Gasteiger partial charge in [0.25, 0.3) is 0 Å². The molecule has 0 saturated carbocycles. The van der Waals surface area contributed by atoms with Gasteiger partial charge in [-0.15, -0.1) is 0 Å². The minimum absolute atomic E-state index is 0.00267. The van der Waals surface area contributed by atoms with Crippen molar-refractivity contribution in [3.63, 3.8) is 0 Å². The highest BCUT2D eigenvalue weighted by molar-refractivity contribution is 5.67. The first kappa shape index (κ1) is 23.3. The molecule has 0 aromatic rings. The fourth-order valence-electron chi connectivity index (χ4n) is 3.01. The van der Waals surface area contributed by atoms with Crippen molar-refractivity contribution in [2.75, 3.05) is 92.2 Å². The van der Waals surface area contributed by atoms with Crippen molar-refractivity contribution in [3.8, 4) is 0 Å². The van der Waals surface area contributed by atoms with E-state index in [1.165, 1.54) is 0 Å². The summed E-state index contributed by atoms with van der Waals surface area (Å²) in [6, 6.07) is 0. The maximum atomic E-state index is 12.1. The van der Waals surface area contributed by atoms with Crippen molar-refractivity contribution in [1.29, 1.82) is 0 Å². The van der Waals surface area contributed by atoms with Gasteiger partial charge in [-0.1, -0.05) is 0 Å². The Balaban J connectivity index is 1.45. The second-order valence-corrected chi connectivity index (χ2v) is 6.89. The van der Waals surface area contributed by atoms with Gasteiger partial charge in [0.1, 0.15) is 6.61 Å². The Morgan fingerprint density at radius 1 is 1.04 bits per heavy atom. The summed E-state index contributed by atoms with van der Waals surface area (Å²) >= 11 is 0. The zero-order valence-electron chi connectivity index (χ0n) is 16.8. The number of hydrogen-bond donors (Lipinski definition) is 2. The molecular formula is C18H35N3O7. The number of amides is 1. The number of carbonyl (C=O) groups is 1. The molecule has 0 radical (unpaired) electrons. The van der Waals surface area contributed by atoms with Crippen molar-refractivity contribution in [1.82, 2.24) is 15.1 Å². The topological polar surface area (TPSA) is 102 Å². The smallest absolute Gasteiger partial charge is 0.409 e. The molecule has 10 nitrogen and oxygen atoms in total. The van der Waals surface area contributed by atoms with Crippen LogP contribution < -0.4 is 5.32 Å². The predicted molar refractivity (Wildman–Crippen MR) is 101 cm³/mol. The number of hydrogen-bond acceptors (Lipinski definition) is 9. The van der Waals surface area contributed by atoms with Crippen LogP contribution in [0.5, 0.6) is 0 Å². The van der Waals surface area contributed by atoms with Crippen LogP contribution in [0.15, 0.2) is 0 Å². The number of carbonyl (C=O) groups excluding carboxylic acids is 1. The SMILES string of the molecule is C[C@H]1CNC[C@@H](COCN2CCN(C(=O)OCCOCCOCCO)CC2)O1. The van der Waals surface area contributed by atoms with Gasteiger partial charge in [-0.05, 0) is 6.92 Å². The Labute approximate surface area is 167 Å². The van der Waals surface area contributed by atoms with E-state index in [9.17, 15) is 4.79 Å². The molecule has 2 atom stereocenters. The van der Waals surface area contributed by atoms with E-state index in [1.54, 1.807) is 4.90 Å². The third-order valence-corrected chi connectivity index (χ3v) is 4.50. The lowest BCUT2D eigenvalue weighted by atomic mass is 10.2. The first-order valence-corrected chi connectivity index (χ1v) is 10.0. The number of ether oxygens (including phenoxy) is 5. The van der Waals surface area contributed by atoms with E-state index in [1.807, 2.05) is 0 Å². The fourth-order valence-corrected chi connectivity index (χ4v) is 3.01. The number of aliphatic hydroxyl groups is 1. The molecule has 0 unspecified atom stereocenters. The number of nitrogens with one attached hydrogen (secondary N) is 1. The van der Waals surface area contributed by atoms with Crippen molar-refractivity contribution in [3.05, 3.63) is 0 Å². The Morgan fingerprint density at radius 3 is 2.46 bits per heavy atom. The first-order valence-electron chi connectivity index (χ1n) is 10.0. The standard InChI is InChI=1S/C18H35N3O7/c1-16-12-19-13-17(28-16)14-26-15-20-2-4-21(5-3-20)18(23)27-11-10-25-9-8-24-7-6-22/h16-17,19,22H,2-15H2,1H3/t16-,17-/m0/s1. The van der Waals surface area contributed by atoms with Gasteiger partial charge < -0.3 is 39.0 Å². The number of rotatable bonds is 12. The number of aliphatic hydroxyl groups excluding tert-OH is 1. The summed E-state index contributed by atoms with van der Waals surface area (Å²) in [4.78, 5) is 15.9. The van der Waals surface area contributed by atoms with Crippen molar-refractivity contribution in [2.45, 2.75) is 19.1 Å². The summed E-state index contributed by atoms with van der Waals surface area (Å²) in [5.41, 5.74) is 0. The Kier molecular flexibility index (Phi) is 11.7. The first-order chi connectivity index (χ1) is 13.7. The van der Waals surface area contributed by atoms with Crippen LogP contribution in [-0.2, 0) is 23.7 Å². The number of nitrogens with zero attached hydrogens (tertiary/aromatic N) is 2. The van der Waals surface area contributed by atoms with Crippen LogP contribution in [-0.4, -0.2) is 125 Å². The molecule has 0 spiro atoms. The van der Waals surface area contributed by atoms with E-state index >= 15 is 0 Å². The molecular weight excluding hydrogens is 370 g/mol. The van der Waals surface area contributed by atoms with E-state index in [4.69, 9.17) is 28.8 Å². The lowest BCUT2D eigenvalue weighted by Crippen LogP contribution is -2.50. The van der Waals surface area contributed by atoms with E-state index in [-0.39, 0.29) is 31.5 Å². The summed E-state index contributed by atoms with van der Waals surface area (Å²) in [7, 11) is 0. The second kappa shape index (κ2) is 14.0. The van der Waals surface area contributed by atoms with Gasteiger partial charge in [-0.2, -0.15) is 0 Å². The van der Waals surface area contributed by atoms with Crippen LogP contribution in [0.1, 0.15) is 6.92 Å². The lowest BCUT2D eigenvalue weighted by Gasteiger charge is -2.34. The summed E-state index contributed by atoms with van der Waals surface area (Å²) in [6.07, 6.45) is 0.0155. The van der Waals surface area contributed by atoms with Gasteiger partial charge in [0.2, 0.25) is 0 Å². The van der Waals surface area contributed by atoms with Gasteiger partial charge in [0, 0.05) is 39.3 Å². The molecule has 164 valence electrons. The molecule has 2 N–H and O–H groups in total. The second-order valence-electron chi connectivity index (χ2n) is 6.89. The average molecular weight is 405 g/mol. The lowest BCUT2D eigenvalue weighted by molar-refractivity contribution is -0.0884. The molecule has 0 aromatic carbocycles. The Bertz CT molecular complexity index is 422. The molecule has 0 bridgehead atoms. The summed E-state index contributed by atoms with van der Waals surface area (Å²) < 4.78 is 27.2. The minimum atomic E-state index is -0.309. The molecule has 2 fully saturated rings. The normalized spacial score (nSPS) is 23.7. The maximum Gasteiger partial charge on any atom is 0.409 e. The summed E-state index contributed by atoms with van der Waals surface area (Å²) in [6.45, 7) is 9.33. The largest absolute Gasteiger partial charge is 0.447 e. The number of morpholine rings is 1. The van der Waals surface area contributed by atoms with Crippen molar-refractivity contribution in [2.24, 2.45) is 0 Å². The maximum absolute atomic E-state index is 12.1. The molecule has 10 heteroatoms. The van der Waals surface area contributed by atoms with Crippen LogP contribution in [0.4, 0.5) is 4.79 Å². The molecule has 2 heterocycles. The quantitative estimate of drug-likeness (QED) is 0.401. The van der Waals surface area contributed by atoms with Crippen LogP contribution in [0.25, 0.3) is 0 Å². The van der Waals surface area contributed by atoms with Crippen LogP contribution in [0.2, 0.25) is 0 Å². The molecule has 28 heavy (non-hydrogen) atoms. The van der Waals surface area contributed by atoms with Gasteiger partial charge in [-0.25, -0.2) is 4.79 Å². The molecule has 2 rings (SSSR count). The van der Waals surface area contributed by atoms with E-state index in [2.05, 4.69) is 17.1 Å². The van der Waals surface area contributed by atoms with Crippen LogP contribution in [0, 0.1) is 0 Å². The van der Waals surface area contributed by atoms with Crippen molar-refractivity contribution >= 4 is 6.09 Å². The van der Waals surface area contributed by atoms with Crippen LogP contribution >= 0.6 is 0 Å². The predicted octanol–water partition coefficient (Wildman–Crippen LogP) is -0.883. The zero-order valence-corrected chi connectivity index (χ0v) is 16.8. The third-order valence-electron chi connectivity index (χ3n) is 4.50. The highest BCUT2D eigenvalue weighted by Crippen LogP contribution is 2.06. The molecule has 0 aromatic heterocycles. The van der Waals surface area contributed by atoms with E-state index < -0.39 is 0 Å². The Hall–Kier alpha value is -1.01. The summed E-state index contributed by atoms with van der Waals surface area (Å²) in [5, 5.41) is 11.9.